The molecule has 2 atom stereocenters. The summed E-state index contributed by atoms with van der Waals surface area (Å²) in [6, 6.07) is 9.19. The first-order valence-corrected chi connectivity index (χ1v) is 10.6. The SMILES string of the molecule is C#CCN(C)C(=O)c1cnc(N[C@H]2CC[C@H](Nc3ccc(-n4ccccc4=O)cn3)C2)nn1. The highest BCUT2D eigenvalue weighted by Crippen LogP contribution is 2.24. The highest BCUT2D eigenvalue weighted by molar-refractivity contribution is 5.91. The van der Waals surface area contributed by atoms with E-state index < -0.39 is 0 Å². The molecule has 0 saturated heterocycles. The van der Waals surface area contributed by atoms with Crippen molar-refractivity contribution in [2.24, 2.45) is 0 Å². The summed E-state index contributed by atoms with van der Waals surface area (Å²) in [7, 11) is 1.60. The zero-order valence-electron chi connectivity index (χ0n) is 18.2. The Morgan fingerprint density at radius 1 is 1.15 bits per heavy atom. The second-order valence-corrected chi connectivity index (χ2v) is 7.84. The van der Waals surface area contributed by atoms with Crippen molar-refractivity contribution < 1.29 is 4.79 Å². The predicted octanol–water partition coefficient (Wildman–Crippen LogP) is 1.57. The molecule has 3 heterocycles. The Morgan fingerprint density at radius 3 is 2.64 bits per heavy atom. The van der Waals surface area contributed by atoms with E-state index in [4.69, 9.17) is 6.42 Å². The third kappa shape index (κ3) is 5.33. The van der Waals surface area contributed by atoms with Crippen LogP contribution in [-0.4, -0.2) is 61.2 Å². The number of amides is 1. The van der Waals surface area contributed by atoms with Crippen LogP contribution in [0.25, 0.3) is 5.69 Å². The first-order chi connectivity index (χ1) is 16.0. The Labute approximate surface area is 191 Å². The van der Waals surface area contributed by atoms with Gasteiger partial charge in [-0.25, -0.2) is 9.97 Å². The van der Waals surface area contributed by atoms with Crippen molar-refractivity contribution in [3.63, 3.8) is 0 Å². The fourth-order valence-electron chi connectivity index (χ4n) is 3.73. The summed E-state index contributed by atoms with van der Waals surface area (Å²) in [4.78, 5) is 34.2. The van der Waals surface area contributed by atoms with Crippen molar-refractivity contribution in [1.29, 1.82) is 0 Å². The van der Waals surface area contributed by atoms with Gasteiger partial charge in [-0.2, -0.15) is 0 Å². The smallest absolute Gasteiger partial charge is 0.276 e. The molecule has 33 heavy (non-hydrogen) atoms. The summed E-state index contributed by atoms with van der Waals surface area (Å²) in [5.41, 5.74) is 0.768. The van der Waals surface area contributed by atoms with Gasteiger partial charge in [-0.05, 0) is 37.5 Å². The molecule has 10 nitrogen and oxygen atoms in total. The Balaban J connectivity index is 1.30. The lowest BCUT2D eigenvalue weighted by Crippen LogP contribution is -2.28. The fourth-order valence-corrected chi connectivity index (χ4v) is 3.73. The van der Waals surface area contributed by atoms with Crippen molar-refractivity contribution >= 4 is 17.7 Å². The average Bonchev–Trinajstić information content (AvgIpc) is 3.27. The van der Waals surface area contributed by atoms with Gasteiger partial charge in [0.05, 0.1) is 24.6 Å². The molecule has 3 aromatic heterocycles. The quantitative estimate of drug-likeness (QED) is 0.527. The maximum Gasteiger partial charge on any atom is 0.276 e. The molecule has 10 heteroatoms. The van der Waals surface area contributed by atoms with E-state index in [-0.39, 0.29) is 35.8 Å². The van der Waals surface area contributed by atoms with Crippen LogP contribution in [-0.2, 0) is 0 Å². The Bertz CT molecular complexity index is 1200. The van der Waals surface area contributed by atoms with Crippen LogP contribution in [0.15, 0.2) is 53.7 Å². The zero-order valence-corrected chi connectivity index (χ0v) is 18.2. The summed E-state index contributed by atoms with van der Waals surface area (Å²) in [5, 5.41) is 14.7. The maximum atomic E-state index is 12.2. The van der Waals surface area contributed by atoms with Gasteiger partial charge < -0.3 is 15.5 Å². The van der Waals surface area contributed by atoms with Gasteiger partial charge in [0.25, 0.3) is 11.5 Å². The van der Waals surface area contributed by atoms with Gasteiger partial charge in [-0.1, -0.05) is 12.0 Å². The molecule has 4 rings (SSSR count). The number of carbonyl (C=O) groups excluding carboxylic acids is 1. The van der Waals surface area contributed by atoms with E-state index in [2.05, 4.69) is 36.7 Å². The Hall–Kier alpha value is -4.26. The molecule has 0 aliphatic heterocycles. The van der Waals surface area contributed by atoms with Gasteiger partial charge in [-0.3, -0.25) is 14.2 Å². The predicted molar refractivity (Wildman–Crippen MR) is 124 cm³/mol. The Morgan fingerprint density at radius 2 is 1.97 bits per heavy atom. The normalized spacial score (nSPS) is 17.2. The molecular formula is C23H24N8O2. The van der Waals surface area contributed by atoms with Gasteiger partial charge in [0.1, 0.15) is 5.82 Å². The maximum absolute atomic E-state index is 12.2. The van der Waals surface area contributed by atoms with E-state index in [9.17, 15) is 9.59 Å². The molecule has 1 aliphatic rings. The number of nitrogens with zero attached hydrogens (tertiary/aromatic N) is 6. The van der Waals surface area contributed by atoms with Gasteiger partial charge in [0.2, 0.25) is 5.95 Å². The van der Waals surface area contributed by atoms with Crippen molar-refractivity contribution in [2.75, 3.05) is 24.2 Å². The number of rotatable bonds is 7. The molecule has 1 saturated carbocycles. The summed E-state index contributed by atoms with van der Waals surface area (Å²) in [6.07, 6.45) is 12.8. The van der Waals surface area contributed by atoms with Gasteiger partial charge in [-0.15, -0.1) is 16.6 Å². The highest BCUT2D eigenvalue weighted by Gasteiger charge is 2.25. The molecule has 0 unspecified atom stereocenters. The molecule has 0 bridgehead atoms. The number of hydrogen-bond acceptors (Lipinski definition) is 8. The number of nitrogens with one attached hydrogen (secondary N) is 2. The van der Waals surface area contributed by atoms with Gasteiger partial charge in [0.15, 0.2) is 5.69 Å². The summed E-state index contributed by atoms with van der Waals surface area (Å²) in [5.74, 6) is 3.23. The molecule has 0 radical (unpaired) electrons. The summed E-state index contributed by atoms with van der Waals surface area (Å²) in [6.45, 7) is 0.194. The van der Waals surface area contributed by atoms with Crippen LogP contribution >= 0.6 is 0 Å². The highest BCUT2D eigenvalue weighted by atomic mass is 16.2. The van der Waals surface area contributed by atoms with Crippen molar-refractivity contribution in [2.45, 2.75) is 31.3 Å². The van der Waals surface area contributed by atoms with Crippen LogP contribution in [0.3, 0.4) is 0 Å². The molecular weight excluding hydrogens is 420 g/mol. The van der Waals surface area contributed by atoms with E-state index in [0.717, 1.165) is 25.1 Å². The average molecular weight is 444 g/mol. The lowest BCUT2D eigenvalue weighted by atomic mass is 10.2. The summed E-state index contributed by atoms with van der Waals surface area (Å²) >= 11 is 0. The van der Waals surface area contributed by atoms with Crippen LogP contribution in [0.1, 0.15) is 29.8 Å². The zero-order chi connectivity index (χ0) is 23.2. The molecule has 168 valence electrons. The standard InChI is InChI=1S/C23H24N8O2/c1-3-11-30(2)22(33)19-15-25-23(29-28-19)27-17-8-7-16(13-17)26-20-10-9-18(14-24-20)31-12-5-4-6-21(31)32/h1,4-6,9-10,12,14-17H,7-8,11,13H2,2H3,(H,24,26)(H,25,27,29)/t16-,17-/m0/s1. The Kier molecular flexibility index (Phi) is 6.59. The number of anilines is 2. The first kappa shape index (κ1) is 22.0. The van der Waals surface area contributed by atoms with Crippen LogP contribution in [0.5, 0.6) is 0 Å². The molecule has 2 N–H and O–H groups in total. The van der Waals surface area contributed by atoms with E-state index in [0.29, 0.717) is 11.6 Å². The molecule has 0 aromatic carbocycles. The minimum absolute atomic E-state index is 0.0987. The molecule has 3 aromatic rings. The van der Waals surface area contributed by atoms with E-state index in [1.807, 2.05) is 18.2 Å². The van der Waals surface area contributed by atoms with Crippen molar-refractivity contribution in [1.82, 2.24) is 29.6 Å². The van der Waals surface area contributed by atoms with Crippen LogP contribution in [0.2, 0.25) is 0 Å². The topological polar surface area (TPSA) is 118 Å². The number of aromatic nitrogens is 5. The van der Waals surface area contributed by atoms with Crippen LogP contribution in [0.4, 0.5) is 11.8 Å². The molecule has 0 spiro atoms. The molecule has 1 aliphatic carbocycles. The minimum atomic E-state index is -0.319. The van der Waals surface area contributed by atoms with E-state index >= 15 is 0 Å². The van der Waals surface area contributed by atoms with Crippen molar-refractivity contribution in [3.05, 3.63) is 65.0 Å². The number of terminal acetylenes is 1. The number of carbonyl (C=O) groups is 1. The molecule has 1 fully saturated rings. The van der Waals surface area contributed by atoms with Crippen LogP contribution < -0.4 is 16.2 Å². The monoisotopic (exact) mass is 444 g/mol. The lowest BCUT2D eigenvalue weighted by Gasteiger charge is -2.16. The van der Waals surface area contributed by atoms with E-state index in [1.54, 1.807) is 30.1 Å². The summed E-state index contributed by atoms with van der Waals surface area (Å²) < 4.78 is 1.55. The first-order valence-electron chi connectivity index (χ1n) is 10.6. The second kappa shape index (κ2) is 9.91. The number of hydrogen-bond donors (Lipinski definition) is 2. The second-order valence-electron chi connectivity index (χ2n) is 7.84. The van der Waals surface area contributed by atoms with Crippen molar-refractivity contribution in [3.8, 4) is 18.0 Å². The lowest BCUT2D eigenvalue weighted by molar-refractivity contribution is 0.0805. The fraction of sp³-hybridized carbons (Fsp3) is 0.304. The van der Waals surface area contributed by atoms with E-state index in [1.165, 1.54) is 17.2 Å². The third-order valence-electron chi connectivity index (χ3n) is 5.42. The molecule has 1 amide bonds. The third-order valence-corrected chi connectivity index (χ3v) is 5.42. The number of pyridine rings is 2. The van der Waals surface area contributed by atoms with Crippen LogP contribution in [0, 0.1) is 12.3 Å². The van der Waals surface area contributed by atoms with Gasteiger partial charge >= 0.3 is 0 Å². The minimum Gasteiger partial charge on any atom is -0.367 e. The largest absolute Gasteiger partial charge is 0.367 e. The van der Waals surface area contributed by atoms with Gasteiger partial charge in [0, 0.05) is 31.4 Å².